The molecule has 0 aliphatic rings. The van der Waals surface area contributed by atoms with Crippen LogP contribution in [0.4, 0.5) is 0 Å². The van der Waals surface area contributed by atoms with Crippen LogP contribution in [0.1, 0.15) is 212 Å². The minimum Gasteiger partial charge on any atom is -0.507 e. The highest BCUT2D eigenvalue weighted by molar-refractivity contribution is 6.16. The van der Waals surface area contributed by atoms with Crippen LogP contribution < -0.4 is 0 Å². The van der Waals surface area contributed by atoms with Crippen LogP contribution in [0, 0.1) is 0 Å². The van der Waals surface area contributed by atoms with Crippen LogP contribution >= 0.6 is 0 Å². The van der Waals surface area contributed by atoms with Gasteiger partial charge in [0.2, 0.25) is 0 Å². The topological polar surface area (TPSA) is 455 Å². The first-order chi connectivity index (χ1) is 51.7. The predicted molar refractivity (Wildman–Crippen MR) is 379 cm³/mol. The van der Waals surface area contributed by atoms with Gasteiger partial charge in [-0.3, -0.25) is 71.9 Å². The fourth-order valence-corrected chi connectivity index (χ4v) is 12.5. The standard InChI is InChI=1S/C42H50O16.C35H38O17/c1-11-29-39-35(17-55-25(7)47)31(13-51-21(3)43)33(15-53-23(5)45)37(19-57-27(9)49)41(39)30(12-2)42-38(20-58-28(10)50)34(16-54-24(6)46)32(14-52-22(4)44)36(40(29)42)18-56-26(8)48;1-15(36)46-8-22-24(10-48-17(3)38)29-28(14-52-21(7)42)30-25(11-49-18(4)39)23(9-47-16(2)37)27(13-51-20(6)41)34(44)32(30)35(45)31(29)33(43)26(22)12-50-19(5)40/h11-20H2,1-10H3;43-45H,8-14H2,1-7H3. The molecule has 594 valence electrons. The second-order valence-corrected chi connectivity index (χ2v) is 24.6. The van der Waals surface area contributed by atoms with E-state index in [1.54, 1.807) is 0 Å². The number of fused-ring (bicyclic) bond motifs is 4. The van der Waals surface area contributed by atoms with Crippen molar-refractivity contribution in [1.29, 1.82) is 0 Å². The number of carbonyl (C=O) groups is 15. The Bertz CT molecular complexity index is 4280. The third-order valence-corrected chi connectivity index (χ3v) is 16.8. The van der Waals surface area contributed by atoms with Gasteiger partial charge in [-0.05, 0) is 45.5 Å². The van der Waals surface area contributed by atoms with Crippen LogP contribution in [-0.4, -0.2) is 105 Å². The van der Waals surface area contributed by atoms with Crippen LogP contribution in [0.15, 0.2) is 0 Å². The summed E-state index contributed by atoms with van der Waals surface area (Å²) in [5.74, 6) is -12.8. The molecule has 33 heteroatoms. The SMILES string of the molecule is CC(=O)OCc1c(COC(C)=O)c(COC(C)=O)c2c(COC(C)=O)c3c(COC(C)=O)c(COC(C)=O)c(COC(C)=O)c(O)c3c(O)c2c1O.CCc1c2c(COC(C)=O)c(COC(C)=O)c(COC(C)=O)c(COC(C)=O)c2c(CC)c2c(COC(C)=O)c(COC(C)=O)c(COC(C)=O)c(COC(C)=O)c12. The van der Waals surface area contributed by atoms with Crippen LogP contribution in [0.25, 0.3) is 43.1 Å². The molecule has 0 bridgehead atoms. The Kier molecular flexibility index (Phi) is 32.3. The fraction of sp³-hybridized carbons (Fsp3) is 0.442. The second kappa shape index (κ2) is 40.1. The van der Waals surface area contributed by atoms with E-state index in [0.717, 1.165) is 48.5 Å². The molecule has 0 fully saturated rings. The normalized spacial score (nSPS) is 10.8. The highest BCUT2D eigenvalue weighted by Crippen LogP contribution is 2.53. The van der Waals surface area contributed by atoms with Gasteiger partial charge in [-0.15, -0.1) is 0 Å². The summed E-state index contributed by atoms with van der Waals surface area (Å²) < 4.78 is 81.7. The van der Waals surface area contributed by atoms with Crippen molar-refractivity contribution in [2.45, 2.75) is 230 Å². The molecular weight excluding hydrogens is 1450 g/mol. The zero-order valence-electron chi connectivity index (χ0n) is 64.1. The number of hydrogen-bond donors (Lipinski definition) is 3. The zero-order valence-corrected chi connectivity index (χ0v) is 64.1. The van der Waals surface area contributed by atoms with Gasteiger partial charge in [0.1, 0.15) is 116 Å². The molecule has 6 aromatic carbocycles. The van der Waals surface area contributed by atoms with Crippen LogP contribution in [0.2, 0.25) is 0 Å². The van der Waals surface area contributed by atoms with Crippen molar-refractivity contribution in [1.82, 2.24) is 0 Å². The molecular formula is C77H88O33. The van der Waals surface area contributed by atoms with Crippen molar-refractivity contribution < 1.29 is 158 Å². The van der Waals surface area contributed by atoms with Crippen molar-refractivity contribution in [3.05, 3.63) is 94.6 Å². The van der Waals surface area contributed by atoms with Gasteiger partial charge in [0.05, 0.1) is 10.8 Å². The number of rotatable bonds is 32. The van der Waals surface area contributed by atoms with Crippen molar-refractivity contribution in [3.8, 4) is 17.2 Å². The van der Waals surface area contributed by atoms with Gasteiger partial charge < -0.3 is 86.4 Å². The lowest BCUT2D eigenvalue weighted by Crippen LogP contribution is -2.19. The molecule has 0 spiro atoms. The Hall–Kier alpha value is -12.2. The van der Waals surface area contributed by atoms with E-state index in [0.29, 0.717) is 77.2 Å². The van der Waals surface area contributed by atoms with Gasteiger partial charge in [-0.2, -0.15) is 0 Å². The van der Waals surface area contributed by atoms with Crippen molar-refractivity contribution >= 4 is 133 Å². The maximum atomic E-state index is 12.5. The number of benzene rings is 6. The Morgan fingerprint density at radius 2 is 0.282 bits per heavy atom. The number of ether oxygens (including phenoxy) is 15. The third-order valence-electron chi connectivity index (χ3n) is 16.8. The quantitative estimate of drug-likeness (QED) is 0.0201. The number of hydrogen-bond acceptors (Lipinski definition) is 33. The molecule has 0 aromatic heterocycles. The molecule has 0 amide bonds. The van der Waals surface area contributed by atoms with Crippen LogP contribution in [-0.2, 0) is 255 Å². The molecule has 0 aliphatic carbocycles. The zero-order chi connectivity index (χ0) is 82.5. The Morgan fingerprint density at radius 3 is 0.427 bits per heavy atom. The Labute approximate surface area is 630 Å². The summed E-state index contributed by atoms with van der Waals surface area (Å²) in [4.78, 5) is 183. The minimum atomic E-state index is -0.828. The monoisotopic (exact) mass is 1540 g/mol. The molecule has 0 atom stereocenters. The summed E-state index contributed by atoms with van der Waals surface area (Å²) >= 11 is 0. The summed E-state index contributed by atoms with van der Waals surface area (Å²) in [5.41, 5.74) is 3.37. The molecule has 0 saturated heterocycles. The van der Waals surface area contributed by atoms with E-state index >= 15 is 0 Å². The van der Waals surface area contributed by atoms with Crippen molar-refractivity contribution in [2.75, 3.05) is 0 Å². The smallest absolute Gasteiger partial charge is 0.302 e. The minimum absolute atomic E-state index is 0.0193. The number of phenols is 3. The van der Waals surface area contributed by atoms with Gasteiger partial charge >= 0.3 is 89.5 Å². The van der Waals surface area contributed by atoms with Gasteiger partial charge in [0.15, 0.2) is 0 Å². The first-order valence-corrected chi connectivity index (χ1v) is 34.0. The molecule has 0 saturated carbocycles. The van der Waals surface area contributed by atoms with Crippen molar-refractivity contribution in [2.24, 2.45) is 0 Å². The Morgan fingerprint density at radius 1 is 0.164 bits per heavy atom. The Balaban J connectivity index is 0.000000396. The fourth-order valence-electron chi connectivity index (χ4n) is 12.5. The number of phenolic OH excluding ortho intramolecular Hbond substituents is 3. The largest absolute Gasteiger partial charge is 0.507 e. The molecule has 0 radical (unpaired) electrons. The van der Waals surface area contributed by atoms with E-state index in [-0.39, 0.29) is 115 Å². The summed E-state index contributed by atoms with van der Waals surface area (Å²) in [7, 11) is 0. The lowest BCUT2D eigenvalue weighted by molar-refractivity contribution is -0.144. The summed E-state index contributed by atoms with van der Waals surface area (Å²) in [5, 5.41) is 36.6. The maximum Gasteiger partial charge on any atom is 0.302 e. The first kappa shape index (κ1) is 88.4. The summed E-state index contributed by atoms with van der Waals surface area (Å²) in [6.45, 7) is 13.9. The van der Waals surface area contributed by atoms with Crippen LogP contribution in [0.5, 0.6) is 17.2 Å². The van der Waals surface area contributed by atoms with Crippen LogP contribution in [0.3, 0.4) is 0 Å². The lowest BCUT2D eigenvalue weighted by Gasteiger charge is -2.30. The summed E-state index contributed by atoms with van der Waals surface area (Å²) in [6, 6.07) is 0. The van der Waals surface area contributed by atoms with E-state index in [1.165, 1.54) is 55.4 Å². The van der Waals surface area contributed by atoms with E-state index in [9.17, 15) is 87.2 Å². The van der Waals surface area contributed by atoms with E-state index < -0.39 is 164 Å². The predicted octanol–water partition coefficient (Wildman–Crippen LogP) is 9.17. The lowest BCUT2D eigenvalue weighted by atomic mass is 9.77. The third kappa shape index (κ3) is 22.7. The molecule has 0 aliphatic heterocycles. The summed E-state index contributed by atoms with van der Waals surface area (Å²) in [6.07, 6.45) is 0.480. The van der Waals surface area contributed by atoms with Gasteiger partial charge in [0, 0.05) is 198 Å². The number of aryl methyl sites for hydroxylation is 2. The van der Waals surface area contributed by atoms with E-state index in [2.05, 4.69) is 0 Å². The van der Waals surface area contributed by atoms with Gasteiger partial charge in [0.25, 0.3) is 0 Å². The highest BCUT2D eigenvalue weighted by atomic mass is 16.6. The molecule has 0 heterocycles. The van der Waals surface area contributed by atoms with Gasteiger partial charge in [-0.1, -0.05) is 13.8 Å². The molecule has 3 N–H and O–H groups in total. The highest BCUT2D eigenvalue weighted by Gasteiger charge is 2.36. The van der Waals surface area contributed by atoms with E-state index in [4.69, 9.17) is 71.1 Å². The molecule has 6 aromatic rings. The molecule has 0 unspecified atom stereocenters. The number of aromatic hydroxyl groups is 3. The average Bonchev–Trinajstić information content (AvgIpc) is 0.709. The number of esters is 15. The second-order valence-electron chi connectivity index (χ2n) is 24.6. The molecule has 6 rings (SSSR count). The first-order valence-electron chi connectivity index (χ1n) is 34.0. The van der Waals surface area contributed by atoms with E-state index in [1.807, 2.05) is 13.8 Å². The molecule has 110 heavy (non-hydrogen) atoms. The van der Waals surface area contributed by atoms with Gasteiger partial charge in [-0.25, -0.2) is 0 Å². The number of carbonyl (C=O) groups excluding carboxylic acids is 15. The maximum absolute atomic E-state index is 12.5. The average molecular weight is 1540 g/mol. The van der Waals surface area contributed by atoms with Crippen molar-refractivity contribution in [3.63, 3.8) is 0 Å². The molecule has 33 nitrogen and oxygen atoms in total.